The number of nitro groups is 1. The average molecular weight is 210 g/mol. The number of rotatable bonds is 4. The van der Waals surface area contributed by atoms with Gasteiger partial charge in [-0.25, -0.2) is 4.98 Å². The van der Waals surface area contributed by atoms with E-state index in [0.717, 1.165) is 0 Å². The molecule has 1 heterocycles. The van der Waals surface area contributed by atoms with E-state index >= 15 is 0 Å². The minimum atomic E-state index is -0.435. The molecular formula is C9H14N4O2. The maximum atomic E-state index is 10.6. The van der Waals surface area contributed by atoms with Crippen molar-refractivity contribution < 1.29 is 4.92 Å². The van der Waals surface area contributed by atoms with Crippen LogP contribution >= 0.6 is 0 Å². The summed E-state index contributed by atoms with van der Waals surface area (Å²) in [7, 11) is 1.85. The molecule has 0 aliphatic rings. The molecule has 6 nitrogen and oxygen atoms in total. The first-order valence-corrected chi connectivity index (χ1v) is 4.58. The van der Waals surface area contributed by atoms with Crippen LogP contribution in [-0.4, -0.2) is 30.0 Å². The van der Waals surface area contributed by atoms with Gasteiger partial charge in [0.2, 0.25) is 0 Å². The van der Waals surface area contributed by atoms with Crippen molar-refractivity contribution in [1.82, 2.24) is 4.98 Å². The zero-order valence-corrected chi connectivity index (χ0v) is 8.80. The van der Waals surface area contributed by atoms with Gasteiger partial charge < -0.3 is 10.6 Å². The number of aromatic nitrogens is 1. The summed E-state index contributed by atoms with van der Waals surface area (Å²) in [5, 5.41) is 10.6. The summed E-state index contributed by atoms with van der Waals surface area (Å²) in [6.45, 7) is 2.89. The lowest BCUT2D eigenvalue weighted by Crippen LogP contribution is -2.25. The van der Waals surface area contributed by atoms with Gasteiger partial charge in [0, 0.05) is 25.7 Å². The first-order valence-electron chi connectivity index (χ1n) is 4.58. The molecule has 0 spiro atoms. The Labute approximate surface area is 87.9 Å². The number of aryl methyl sites for hydroxylation is 1. The summed E-state index contributed by atoms with van der Waals surface area (Å²) in [4.78, 5) is 16.0. The Morgan fingerprint density at radius 2 is 2.33 bits per heavy atom. The van der Waals surface area contributed by atoms with Crippen LogP contribution in [-0.2, 0) is 0 Å². The molecule has 2 N–H and O–H groups in total. The summed E-state index contributed by atoms with van der Waals surface area (Å²) in [5.41, 5.74) is 6.05. The highest BCUT2D eigenvalue weighted by atomic mass is 16.6. The van der Waals surface area contributed by atoms with Gasteiger partial charge in [-0.2, -0.15) is 0 Å². The molecule has 1 aromatic rings. The second kappa shape index (κ2) is 4.70. The number of anilines is 1. The first-order chi connectivity index (χ1) is 7.06. The molecule has 0 radical (unpaired) electrons. The van der Waals surface area contributed by atoms with Crippen LogP contribution in [0.4, 0.5) is 11.5 Å². The zero-order chi connectivity index (χ0) is 11.4. The van der Waals surface area contributed by atoms with Crippen LogP contribution in [0.3, 0.4) is 0 Å². The molecule has 0 aliphatic heterocycles. The minimum absolute atomic E-state index is 0.0416. The van der Waals surface area contributed by atoms with Crippen molar-refractivity contribution in [3.05, 3.63) is 27.9 Å². The van der Waals surface area contributed by atoms with Gasteiger partial charge in [0.25, 0.3) is 5.69 Å². The van der Waals surface area contributed by atoms with Crippen LogP contribution in [0.15, 0.2) is 12.3 Å². The van der Waals surface area contributed by atoms with Gasteiger partial charge in [0.1, 0.15) is 12.0 Å². The molecule has 0 atom stereocenters. The summed E-state index contributed by atoms with van der Waals surface area (Å²) >= 11 is 0. The van der Waals surface area contributed by atoms with Crippen molar-refractivity contribution in [3.8, 4) is 0 Å². The molecule has 0 unspecified atom stereocenters. The van der Waals surface area contributed by atoms with E-state index in [2.05, 4.69) is 4.98 Å². The van der Waals surface area contributed by atoms with Gasteiger partial charge >= 0.3 is 0 Å². The molecule has 0 saturated heterocycles. The fraction of sp³-hybridized carbons (Fsp3) is 0.444. The molecule has 0 aliphatic carbocycles. The standard InChI is InChI=1S/C9H14N4O2/c1-7-5-9(12(2)4-3-10)11-6-8(7)13(14)15/h5-6H,3-4,10H2,1-2H3. The summed E-state index contributed by atoms with van der Waals surface area (Å²) in [5.74, 6) is 0.698. The fourth-order valence-electron chi connectivity index (χ4n) is 1.24. The minimum Gasteiger partial charge on any atom is -0.358 e. The molecule has 1 aromatic heterocycles. The van der Waals surface area contributed by atoms with Crippen molar-refractivity contribution in [3.63, 3.8) is 0 Å². The molecule has 0 bridgehead atoms. The van der Waals surface area contributed by atoms with Gasteiger partial charge in [-0.1, -0.05) is 0 Å². The predicted octanol–water partition coefficient (Wildman–Crippen LogP) is 0.693. The van der Waals surface area contributed by atoms with E-state index in [4.69, 9.17) is 5.73 Å². The molecule has 82 valence electrons. The topological polar surface area (TPSA) is 85.3 Å². The lowest BCUT2D eigenvalue weighted by molar-refractivity contribution is -0.385. The van der Waals surface area contributed by atoms with E-state index in [-0.39, 0.29) is 5.69 Å². The van der Waals surface area contributed by atoms with Crippen molar-refractivity contribution in [1.29, 1.82) is 0 Å². The van der Waals surface area contributed by atoms with E-state index in [9.17, 15) is 10.1 Å². The third kappa shape index (κ3) is 2.63. The lowest BCUT2D eigenvalue weighted by atomic mass is 10.2. The van der Waals surface area contributed by atoms with E-state index in [1.807, 2.05) is 11.9 Å². The van der Waals surface area contributed by atoms with Gasteiger partial charge in [-0.05, 0) is 13.0 Å². The molecule has 6 heteroatoms. The molecule has 1 rings (SSSR count). The van der Waals surface area contributed by atoms with Crippen molar-refractivity contribution in [2.24, 2.45) is 5.73 Å². The molecule has 0 amide bonds. The van der Waals surface area contributed by atoms with E-state index in [1.54, 1.807) is 13.0 Å². The third-order valence-electron chi connectivity index (χ3n) is 2.12. The Kier molecular flexibility index (Phi) is 3.56. The highest BCUT2D eigenvalue weighted by Gasteiger charge is 2.12. The largest absolute Gasteiger partial charge is 0.358 e. The Morgan fingerprint density at radius 1 is 1.67 bits per heavy atom. The van der Waals surface area contributed by atoms with E-state index < -0.39 is 4.92 Å². The summed E-state index contributed by atoms with van der Waals surface area (Å²) < 4.78 is 0. The smallest absolute Gasteiger partial charge is 0.290 e. The van der Waals surface area contributed by atoms with Gasteiger partial charge in [0.15, 0.2) is 0 Å². The Hall–Kier alpha value is -1.69. The van der Waals surface area contributed by atoms with E-state index in [0.29, 0.717) is 24.5 Å². The number of likely N-dealkylation sites (N-methyl/N-ethyl adjacent to an activating group) is 1. The predicted molar refractivity (Wildman–Crippen MR) is 58.0 cm³/mol. The fourth-order valence-corrected chi connectivity index (χ4v) is 1.24. The van der Waals surface area contributed by atoms with Crippen LogP contribution in [0.25, 0.3) is 0 Å². The maximum absolute atomic E-state index is 10.6. The Balaban J connectivity index is 2.96. The number of pyridine rings is 1. The second-order valence-electron chi connectivity index (χ2n) is 3.30. The molecular weight excluding hydrogens is 196 g/mol. The molecule has 0 fully saturated rings. The Bertz CT molecular complexity index is 367. The van der Waals surface area contributed by atoms with Crippen LogP contribution in [0.5, 0.6) is 0 Å². The number of hydrogen-bond acceptors (Lipinski definition) is 5. The summed E-state index contributed by atoms with van der Waals surface area (Å²) in [6.07, 6.45) is 1.28. The van der Waals surface area contributed by atoms with Gasteiger partial charge in [0.05, 0.1) is 4.92 Å². The van der Waals surface area contributed by atoms with Crippen molar-refractivity contribution >= 4 is 11.5 Å². The number of nitrogens with zero attached hydrogens (tertiary/aromatic N) is 3. The van der Waals surface area contributed by atoms with Crippen LogP contribution < -0.4 is 10.6 Å². The summed E-state index contributed by atoms with van der Waals surface area (Å²) in [6, 6.07) is 1.69. The molecule has 15 heavy (non-hydrogen) atoms. The van der Waals surface area contributed by atoms with Crippen LogP contribution in [0.1, 0.15) is 5.56 Å². The highest BCUT2D eigenvalue weighted by molar-refractivity contribution is 5.48. The maximum Gasteiger partial charge on any atom is 0.290 e. The lowest BCUT2D eigenvalue weighted by Gasteiger charge is -2.16. The van der Waals surface area contributed by atoms with Crippen molar-refractivity contribution in [2.45, 2.75) is 6.92 Å². The number of hydrogen-bond donors (Lipinski definition) is 1. The number of nitrogens with two attached hydrogens (primary N) is 1. The highest BCUT2D eigenvalue weighted by Crippen LogP contribution is 2.20. The quantitative estimate of drug-likeness (QED) is 0.583. The SMILES string of the molecule is Cc1cc(N(C)CCN)ncc1[N+](=O)[O-]. The van der Waals surface area contributed by atoms with Gasteiger partial charge in [-0.15, -0.1) is 0 Å². The second-order valence-corrected chi connectivity index (χ2v) is 3.30. The van der Waals surface area contributed by atoms with Gasteiger partial charge in [-0.3, -0.25) is 10.1 Å². The molecule has 0 saturated carbocycles. The van der Waals surface area contributed by atoms with Crippen molar-refractivity contribution in [2.75, 3.05) is 25.0 Å². The Morgan fingerprint density at radius 3 is 2.80 bits per heavy atom. The third-order valence-corrected chi connectivity index (χ3v) is 2.12. The normalized spacial score (nSPS) is 10.1. The monoisotopic (exact) mass is 210 g/mol. The first kappa shape index (κ1) is 11.4. The van der Waals surface area contributed by atoms with Crippen LogP contribution in [0, 0.1) is 17.0 Å². The van der Waals surface area contributed by atoms with Crippen LogP contribution in [0.2, 0.25) is 0 Å². The average Bonchev–Trinajstić information content (AvgIpc) is 2.17. The van der Waals surface area contributed by atoms with E-state index in [1.165, 1.54) is 6.20 Å². The zero-order valence-electron chi connectivity index (χ0n) is 8.80. The molecule has 0 aromatic carbocycles.